The van der Waals surface area contributed by atoms with Gasteiger partial charge in [-0.2, -0.15) is 20.2 Å². The lowest BCUT2D eigenvalue weighted by Crippen LogP contribution is -2.18. The number of nitriles is 1. The fourth-order valence-electron chi connectivity index (χ4n) is 2.42. The number of nitrogen functional groups attached to an aromatic ring is 1. The Bertz CT molecular complexity index is 937. The molecule has 0 aliphatic rings. The van der Waals surface area contributed by atoms with Crippen LogP contribution in [0.3, 0.4) is 0 Å². The van der Waals surface area contributed by atoms with Crippen LogP contribution < -0.4 is 11.1 Å². The van der Waals surface area contributed by atoms with Crippen molar-refractivity contribution in [2.45, 2.75) is 12.3 Å². The zero-order chi connectivity index (χ0) is 18.4. The van der Waals surface area contributed by atoms with E-state index in [2.05, 4.69) is 20.3 Å². The van der Waals surface area contributed by atoms with Gasteiger partial charge in [0, 0.05) is 12.1 Å². The smallest absolute Gasteiger partial charge is 0.232 e. The number of ketones is 1. The quantitative estimate of drug-likeness (QED) is 0.705. The molecule has 0 aliphatic carbocycles. The van der Waals surface area contributed by atoms with Gasteiger partial charge in [0.05, 0.1) is 6.07 Å². The predicted molar refractivity (Wildman–Crippen MR) is 97.5 cm³/mol. The Labute approximate surface area is 150 Å². The summed E-state index contributed by atoms with van der Waals surface area (Å²) in [6.45, 7) is 0. The molecule has 2 aromatic carbocycles. The Morgan fingerprint density at radius 3 is 2.35 bits per heavy atom. The van der Waals surface area contributed by atoms with Gasteiger partial charge in [0.1, 0.15) is 0 Å². The maximum Gasteiger partial charge on any atom is 0.232 e. The van der Waals surface area contributed by atoms with Crippen molar-refractivity contribution in [3.05, 3.63) is 72.1 Å². The highest BCUT2D eigenvalue weighted by Crippen LogP contribution is 2.19. The molecular weight excluding hydrogens is 328 g/mol. The van der Waals surface area contributed by atoms with E-state index in [1.807, 2.05) is 66.7 Å². The molecule has 1 atom stereocenters. The van der Waals surface area contributed by atoms with Gasteiger partial charge in [-0.3, -0.25) is 4.79 Å². The topological polar surface area (TPSA) is 118 Å². The van der Waals surface area contributed by atoms with Crippen molar-refractivity contribution in [3.8, 4) is 6.07 Å². The molecule has 0 amide bonds. The highest BCUT2D eigenvalue weighted by molar-refractivity contribution is 5.89. The zero-order valence-electron chi connectivity index (χ0n) is 13.8. The number of hydrogen-bond donors (Lipinski definition) is 2. The number of para-hydroxylation sites is 1. The van der Waals surface area contributed by atoms with Crippen LogP contribution >= 0.6 is 0 Å². The van der Waals surface area contributed by atoms with Gasteiger partial charge in [-0.05, 0) is 17.7 Å². The van der Waals surface area contributed by atoms with Gasteiger partial charge in [0.25, 0.3) is 0 Å². The average Bonchev–Trinajstić information content (AvgIpc) is 2.63. The van der Waals surface area contributed by atoms with E-state index in [1.54, 1.807) is 0 Å². The van der Waals surface area contributed by atoms with E-state index in [4.69, 9.17) is 5.73 Å². The van der Waals surface area contributed by atoms with E-state index in [1.165, 1.54) is 0 Å². The molecule has 0 radical (unpaired) electrons. The van der Waals surface area contributed by atoms with Gasteiger partial charge in [0.2, 0.25) is 11.9 Å². The number of benzene rings is 2. The predicted octanol–water partition coefficient (Wildman–Crippen LogP) is 2.62. The lowest BCUT2D eigenvalue weighted by atomic mass is 9.98. The number of rotatable bonds is 6. The Morgan fingerprint density at radius 1 is 1.04 bits per heavy atom. The van der Waals surface area contributed by atoms with Crippen LogP contribution in [0.4, 0.5) is 17.6 Å². The minimum absolute atomic E-state index is 0.0411. The molecule has 3 N–H and O–H groups in total. The SMILES string of the molecule is N#CC(C(=O)Cc1ccccc1)c1nc(N)nc(Nc2ccccc2)n1. The van der Waals surface area contributed by atoms with Crippen LogP contribution in [0.5, 0.6) is 0 Å². The van der Waals surface area contributed by atoms with Crippen LogP contribution in [-0.2, 0) is 11.2 Å². The van der Waals surface area contributed by atoms with Crippen molar-refractivity contribution in [2.75, 3.05) is 11.1 Å². The normalized spacial score (nSPS) is 11.3. The van der Waals surface area contributed by atoms with E-state index in [0.29, 0.717) is 0 Å². The Balaban J connectivity index is 1.84. The highest BCUT2D eigenvalue weighted by atomic mass is 16.1. The van der Waals surface area contributed by atoms with Gasteiger partial charge < -0.3 is 11.1 Å². The number of Topliss-reactive ketones (excluding diaryl/α,β-unsaturated/α-hetero) is 1. The minimum atomic E-state index is -1.11. The Hall–Kier alpha value is -3.79. The Kier molecular flexibility index (Phi) is 5.15. The summed E-state index contributed by atoms with van der Waals surface area (Å²) in [5, 5.41) is 12.5. The second-order valence-corrected chi connectivity index (χ2v) is 5.56. The Morgan fingerprint density at radius 2 is 1.69 bits per heavy atom. The third-order valence-electron chi connectivity index (χ3n) is 3.63. The van der Waals surface area contributed by atoms with Crippen molar-refractivity contribution in [2.24, 2.45) is 0 Å². The number of carbonyl (C=O) groups excluding carboxylic acids is 1. The number of nitrogens with one attached hydrogen (secondary N) is 1. The number of anilines is 3. The molecule has 1 heterocycles. The molecule has 128 valence electrons. The second kappa shape index (κ2) is 7.85. The summed E-state index contributed by atoms with van der Waals surface area (Å²) >= 11 is 0. The van der Waals surface area contributed by atoms with Crippen molar-refractivity contribution in [1.29, 1.82) is 5.26 Å². The summed E-state index contributed by atoms with van der Waals surface area (Å²) in [6, 6.07) is 20.4. The molecule has 26 heavy (non-hydrogen) atoms. The number of nitrogens with two attached hydrogens (primary N) is 1. The molecule has 7 nitrogen and oxygen atoms in total. The summed E-state index contributed by atoms with van der Waals surface area (Å²) in [7, 11) is 0. The van der Waals surface area contributed by atoms with E-state index in [-0.39, 0.29) is 29.9 Å². The van der Waals surface area contributed by atoms with Crippen LogP contribution in [0.1, 0.15) is 17.3 Å². The fraction of sp³-hybridized carbons (Fsp3) is 0.105. The summed E-state index contributed by atoms with van der Waals surface area (Å²) in [5.41, 5.74) is 7.31. The molecule has 0 spiro atoms. The first-order chi connectivity index (χ1) is 12.7. The van der Waals surface area contributed by atoms with E-state index >= 15 is 0 Å². The monoisotopic (exact) mass is 344 g/mol. The summed E-state index contributed by atoms with van der Waals surface area (Å²) < 4.78 is 0. The van der Waals surface area contributed by atoms with Crippen molar-refractivity contribution >= 4 is 23.4 Å². The van der Waals surface area contributed by atoms with Crippen LogP contribution in [0.15, 0.2) is 60.7 Å². The van der Waals surface area contributed by atoms with Crippen LogP contribution in [-0.4, -0.2) is 20.7 Å². The molecule has 0 saturated heterocycles. The molecule has 0 bridgehead atoms. The standard InChI is InChI=1S/C19H16N6O/c20-12-15(16(26)11-13-7-3-1-4-8-13)17-23-18(21)25-19(24-17)22-14-9-5-2-6-10-14/h1-10,15H,11H2,(H3,21,22,23,24,25). The maximum atomic E-state index is 12.5. The first-order valence-corrected chi connectivity index (χ1v) is 7.95. The maximum absolute atomic E-state index is 12.5. The molecule has 3 rings (SSSR count). The third-order valence-corrected chi connectivity index (χ3v) is 3.63. The van der Waals surface area contributed by atoms with Gasteiger partial charge in [-0.25, -0.2) is 0 Å². The minimum Gasteiger partial charge on any atom is -0.368 e. The van der Waals surface area contributed by atoms with Crippen molar-refractivity contribution < 1.29 is 4.79 Å². The molecule has 0 saturated carbocycles. The summed E-state index contributed by atoms with van der Waals surface area (Å²) in [4.78, 5) is 24.7. The molecule has 1 unspecified atom stereocenters. The first-order valence-electron chi connectivity index (χ1n) is 7.95. The molecule has 3 aromatic rings. The first kappa shape index (κ1) is 17.0. The van der Waals surface area contributed by atoms with Gasteiger partial charge in [-0.1, -0.05) is 48.5 Å². The van der Waals surface area contributed by atoms with Crippen molar-refractivity contribution in [3.63, 3.8) is 0 Å². The van der Waals surface area contributed by atoms with Gasteiger partial charge >= 0.3 is 0 Å². The van der Waals surface area contributed by atoms with Crippen molar-refractivity contribution in [1.82, 2.24) is 15.0 Å². The van der Waals surface area contributed by atoms with Gasteiger partial charge in [-0.15, -0.1) is 0 Å². The molecule has 1 aromatic heterocycles. The van der Waals surface area contributed by atoms with Gasteiger partial charge in [0.15, 0.2) is 17.5 Å². The summed E-state index contributed by atoms with van der Waals surface area (Å²) in [6.07, 6.45) is 0.117. The van der Waals surface area contributed by atoms with E-state index < -0.39 is 5.92 Å². The average molecular weight is 344 g/mol. The van der Waals surface area contributed by atoms with E-state index in [0.717, 1.165) is 11.3 Å². The van der Waals surface area contributed by atoms with E-state index in [9.17, 15) is 10.1 Å². The molecular formula is C19H16N6O. The third kappa shape index (κ3) is 4.19. The highest BCUT2D eigenvalue weighted by Gasteiger charge is 2.24. The molecule has 0 aliphatic heterocycles. The number of carbonyl (C=O) groups is 1. The number of hydrogen-bond acceptors (Lipinski definition) is 7. The second-order valence-electron chi connectivity index (χ2n) is 5.56. The van der Waals surface area contributed by atoms with Crippen LogP contribution in [0.2, 0.25) is 0 Å². The number of nitrogens with zero attached hydrogens (tertiary/aromatic N) is 4. The summed E-state index contributed by atoms with van der Waals surface area (Å²) in [5.74, 6) is -1.24. The largest absolute Gasteiger partial charge is 0.368 e. The molecule has 0 fully saturated rings. The van der Waals surface area contributed by atoms with Crippen LogP contribution in [0, 0.1) is 11.3 Å². The number of aromatic nitrogens is 3. The molecule has 7 heteroatoms. The zero-order valence-corrected chi connectivity index (χ0v) is 13.8. The lowest BCUT2D eigenvalue weighted by Gasteiger charge is -2.10. The fourth-order valence-corrected chi connectivity index (χ4v) is 2.42. The van der Waals surface area contributed by atoms with Crippen LogP contribution in [0.25, 0.3) is 0 Å². The lowest BCUT2D eigenvalue weighted by molar-refractivity contribution is -0.118.